The first-order chi connectivity index (χ1) is 5.27. The van der Waals surface area contributed by atoms with Crippen LogP contribution in [0.5, 0.6) is 0 Å². The van der Waals surface area contributed by atoms with Crippen LogP contribution >= 0.6 is 0 Å². The van der Waals surface area contributed by atoms with Gasteiger partial charge in [-0.05, 0) is 31.1 Å². The molecule has 1 heterocycles. The van der Waals surface area contributed by atoms with E-state index >= 15 is 0 Å². The van der Waals surface area contributed by atoms with Crippen molar-refractivity contribution >= 4 is 0 Å². The summed E-state index contributed by atoms with van der Waals surface area (Å²) in [6, 6.07) is 0. The van der Waals surface area contributed by atoms with E-state index in [0.717, 1.165) is 19.4 Å². The highest BCUT2D eigenvalue weighted by atomic mass is 19.1. The molecule has 0 radical (unpaired) electrons. The van der Waals surface area contributed by atoms with E-state index in [2.05, 4.69) is 6.92 Å². The standard InChI is InChI=1S/C9H15FO/c1-6-5-11-9-3-2-7(10)4-8(6)9/h6-9H,2-5H2,1H3. The number of ether oxygens (including phenoxy) is 1. The molecule has 11 heavy (non-hydrogen) atoms. The first-order valence-electron chi connectivity index (χ1n) is 4.53. The number of hydrogen-bond donors (Lipinski definition) is 0. The van der Waals surface area contributed by atoms with E-state index in [1.54, 1.807) is 0 Å². The van der Waals surface area contributed by atoms with E-state index < -0.39 is 6.17 Å². The van der Waals surface area contributed by atoms with Crippen molar-refractivity contribution < 1.29 is 9.13 Å². The molecule has 0 aromatic heterocycles. The van der Waals surface area contributed by atoms with Gasteiger partial charge in [-0.2, -0.15) is 0 Å². The van der Waals surface area contributed by atoms with Crippen LogP contribution in [-0.4, -0.2) is 18.9 Å². The molecular formula is C9H15FO. The minimum absolute atomic E-state index is 0.386. The molecular weight excluding hydrogens is 143 g/mol. The number of alkyl halides is 1. The van der Waals surface area contributed by atoms with Crippen LogP contribution in [0.3, 0.4) is 0 Å². The zero-order chi connectivity index (χ0) is 7.84. The highest BCUT2D eigenvalue weighted by molar-refractivity contribution is 4.87. The maximum Gasteiger partial charge on any atom is 0.101 e. The quantitative estimate of drug-likeness (QED) is 0.525. The van der Waals surface area contributed by atoms with Gasteiger partial charge in [0.1, 0.15) is 6.17 Å². The van der Waals surface area contributed by atoms with Gasteiger partial charge in [-0.1, -0.05) is 6.92 Å². The van der Waals surface area contributed by atoms with E-state index in [-0.39, 0.29) is 0 Å². The van der Waals surface area contributed by atoms with Crippen LogP contribution in [0.15, 0.2) is 0 Å². The van der Waals surface area contributed by atoms with Gasteiger partial charge in [0, 0.05) is 6.61 Å². The molecule has 0 bridgehead atoms. The molecule has 1 aliphatic heterocycles. The highest BCUT2D eigenvalue weighted by Gasteiger charge is 2.39. The van der Waals surface area contributed by atoms with Crippen LogP contribution in [0.25, 0.3) is 0 Å². The monoisotopic (exact) mass is 158 g/mol. The average Bonchev–Trinajstić information content (AvgIpc) is 2.33. The molecule has 4 atom stereocenters. The minimum atomic E-state index is -0.555. The Hall–Kier alpha value is -0.110. The van der Waals surface area contributed by atoms with Gasteiger partial charge in [-0.3, -0.25) is 0 Å². The number of hydrogen-bond acceptors (Lipinski definition) is 1. The van der Waals surface area contributed by atoms with E-state index in [9.17, 15) is 4.39 Å². The van der Waals surface area contributed by atoms with Gasteiger partial charge in [0.2, 0.25) is 0 Å². The van der Waals surface area contributed by atoms with Crippen LogP contribution in [0.2, 0.25) is 0 Å². The topological polar surface area (TPSA) is 9.23 Å². The lowest BCUT2D eigenvalue weighted by molar-refractivity contribution is 0.0431. The molecule has 0 N–H and O–H groups in total. The summed E-state index contributed by atoms with van der Waals surface area (Å²) >= 11 is 0. The molecule has 2 rings (SSSR count). The zero-order valence-electron chi connectivity index (χ0n) is 6.92. The first kappa shape index (κ1) is 7.53. The molecule has 1 saturated carbocycles. The summed E-state index contributed by atoms with van der Waals surface area (Å²) in [6.07, 6.45) is 2.23. The molecule has 2 heteroatoms. The second-order valence-electron chi connectivity index (χ2n) is 3.92. The highest BCUT2D eigenvalue weighted by Crippen LogP contribution is 2.38. The van der Waals surface area contributed by atoms with Crippen molar-refractivity contribution in [2.45, 2.75) is 38.5 Å². The van der Waals surface area contributed by atoms with Gasteiger partial charge in [0.25, 0.3) is 0 Å². The van der Waals surface area contributed by atoms with Crippen LogP contribution in [-0.2, 0) is 4.74 Å². The molecule has 2 aliphatic rings. The molecule has 1 saturated heterocycles. The number of halogens is 1. The summed E-state index contributed by atoms with van der Waals surface area (Å²) in [4.78, 5) is 0. The molecule has 4 unspecified atom stereocenters. The molecule has 1 aliphatic carbocycles. The Kier molecular flexibility index (Phi) is 1.88. The average molecular weight is 158 g/mol. The lowest BCUT2D eigenvalue weighted by Crippen LogP contribution is -2.29. The molecule has 1 nitrogen and oxygen atoms in total. The predicted octanol–water partition coefficient (Wildman–Crippen LogP) is 2.16. The third kappa shape index (κ3) is 1.28. The van der Waals surface area contributed by atoms with Crippen molar-refractivity contribution in [3.63, 3.8) is 0 Å². The van der Waals surface area contributed by atoms with Crippen LogP contribution in [0, 0.1) is 11.8 Å². The van der Waals surface area contributed by atoms with Crippen molar-refractivity contribution in [3.05, 3.63) is 0 Å². The smallest absolute Gasteiger partial charge is 0.101 e. The molecule has 0 aromatic rings. The summed E-state index contributed by atoms with van der Waals surface area (Å²) in [5.74, 6) is 1.09. The molecule has 0 spiro atoms. The molecule has 64 valence electrons. The third-order valence-corrected chi connectivity index (χ3v) is 3.07. The largest absolute Gasteiger partial charge is 0.378 e. The minimum Gasteiger partial charge on any atom is -0.378 e. The Bertz CT molecular complexity index is 148. The van der Waals surface area contributed by atoms with Gasteiger partial charge in [-0.25, -0.2) is 4.39 Å². The molecule has 0 amide bonds. The summed E-state index contributed by atoms with van der Waals surface area (Å²) in [6.45, 7) is 3.02. The van der Waals surface area contributed by atoms with Crippen molar-refractivity contribution in [2.24, 2.45) is 11.8 Å². The maximum absolute atomic E-state index is 12.9. The SMILES string of the molecule is CC1COC2CCC(F)CC12. The Labute approximate surface area is 66.9 Å². The van der Waals surface area contributed by atoms with Gasteiger partial charge in [-0.15, -0.1) is 0 Å². The van der Waals surface area contributed by atoms with Gasteiger partial charge in [0.05, 0.1) is 6.10 Å². The Morgan fingerprint density at radius 1 is 1.36 bits per heavy atom. The summed E-state index contributed by atoms with van der Waals surface area (Å²) in [5.41, 5.74) is 0. The fourth-order valence-corrected chi connectivity index (χ4v) is 2.33. The van der Waals surface area contributed by atoms with E-state index in [1.165, 1.54) is 0 Å². The fraction of sp³-hybridized carbons (Fsp3) is 1.00. The second-order valence-corrected chi connectivity index (χ2v) is 3.92. The van der Waals surface area contributed by atoms with E-state index in [4.69, 9.17) is 4.74 Å². The summed E-state index contributed by atoms with van der Waals surface area (Å²) in [7, 11) is 0. The lowest BCUT2D eigenvalue weighted by Gasteiger charge is -2.28. The molecule has 2 fully saturated rings. The van der Waals surface area contributed by atoms with Gasteiger partial charge in [0.15, 0.2) is 0 Å². The number of rotatable bonds is 0. The third-order valence-electron chi connectivity index (χ3n) is 3.07. The van der Waals surface area contributed by atoms with Gasteiger partial charge < -0.3 is 4.74 Å². The predicted molar refractivity (Wildman–Crippen MR) is 41.1 cm³/mol. The molecule has 0 aromatic carbocycles. The fourth-order valence-electron chi connectivity index (χ4n) is 2.33. The van der Waals surface area contributed by atoms with E-state index in [0.29, 0.717) is 24.4 Å². The summed E-state index contributed by atoms with van der Waals surface area (Å²) < 4.78 is 18.5. The first-order valence-corrected chi connectivity index (χ1v) is 4.53. The normalized spacial score (nSPS) is 50.7. The Balaban J connectivity index is 2.01. The van der Waals surface area contributed by atoms with Crippen molar-refractivity contribution in [1.82, 2.24) is 0 Å². The van der Waals surface area contributed by atoms with Crippen LogP contribution < -0.4 is 0 Å². The van der Waals surface area contributed by atoms with Crippen molar-refractivity contribution in [2.75, 3.05) is 6.61 Å². The second kappa shape index (κ2) is 2.74. The maximum atomic E-state index is 12.9. The summed E-state index contributed by atoms with van der Waals surface area (Å²) in [5, 5.41) is 0. The van der Waals surface area contributed by atoms with Crippen LogP contribution in [0.1, 0.15) is 26.2 Å². The van der Waals surface area contributed by atoms with Crippen molar-refractivity contribution in [1.29, 1.82) is 0 Å². The Morgan fingerprint density at radius 2 is 2.18 bits per heavy atom. The van der Waals surface area contributed by atoms with Gasteiger partial charge >= 0.3 is 0 Å². The Morgan fingerprint density at radius 3 is 3.00 bits per heavy atom. The number of fused-ring (bicyclic) bond motifs is 1. The zero-order valence-corrected chi connectivity index (χ0v) is 6.92. The van der Waals surface area contributed by atoms with Crippen molar-refractivity contribution in [3.8, 4) is 0 Å². The van der Waals surface area contributed by atoms with Crippen LogP contribution in [0.4, 0.5) is 4.39 Å². The van der Waals surface area contributed by atoms with E-state index in [1.807, 2.05) is 0 Å². The lowest BCUT2D eigenvalue weighted by atomic mass is 9.80.